The smallest absolute Gasteiger partial charge is 0.266 e. The zero-order valence-corrected chi connectivity index (χ0v) is 16.1. The Labute approximate surface area is 167 Å². The van der Waals surface area contributed by atoms with Crippen molar-refractivity contribution in [1.29, 1.82) is 0 Å². The van der Waals surface area contributed by atoms with E-state index in [0.717, 1.165) is 22.5 Å². The topological polar surface area (TPSA) is 64.3 Å². The Morgan fingerprint density at radius 3 is 2.56 bits per heavy atom. The Hall–Kier alpha value is -2.54. The molecule has 0 fully saturated rings. The number of hydrogen-bond acceptors (Lipinski definition) is 5. The van der Waals surface area contributed by atoms with Gasteiger partial charge in [-0.25, -0.2) is 0 Å². The van der Waals surface area contributed by atoms with Crippen molar-refractivity contribution in [3.63, 3.8) is 0 Å². The minimum absolute atomic E-state index is 0.231. The van der Waals surface area contributed by atoms with Crippen LogP contribution in [0.1, 0.15) is 16.8 Å². The first-order chi connectivity index (χ1) is 13.0. The lowest BCUT2D eigenvalue weighted by Crippen LogP contribution is -2.28. The summed E-state index contributed by atoms with van der Waals surface area (Å²) in [7, 11) is 0. The predicted octanol–water partition coefficient (Wildman–Crippen LogP) is 2.96. The summed E-state index contributed by atoms with van der Waals surface area (Å²) >= 11 is 13.0. The van der Waals surface area contributed by atoms with Gasteiger partial charge in [-0.2, -0.15) is 14.6 Å². The fourth-order valence-corrected chi connectivity index (χ4v) is 3.81. The van der Waals surface area contributed by atoms with Crippen molar-refractivity contribution in [2.24, 2.45) is 0 Å². The van der Waals surface area contributed by atoms with E-state index in [-0.39, 0.29) is 16.2 Å². The van der Waals surface area contributed by atoms with E-state index in [4.69, 9.17) is 23.2 Å². The van der Waals surface area contributed by atoms with Crippen LogP contribution in [0.4, 0.5) is 0 Å². The van der Waals surface area contributed by atoms with Gasteiger partial charge in [-0.1, -0.05) is 70.9 Å². The van der Waals surface area contributed by atoms with Gasteiger partial charge in [0.15, 0.2) is 0 Å². The largest absolute Gasteiger partial charge is 0.296 e. The Kier molecular flexibility index (Phi) is 4.78. The van der Waals surface area contributed by atoms with Gasteiger partial charge in [0, 0.05) is 6.42 Å². The van der Waals surface area contributed by atoms with Gasteiger partial charge >= 0.3 is 0 Å². The number of fused-ring (bicyclic) bond motifs is 1. The molecule has 0 N–H and O–H groups in total. The summed E-state index contributed by atoms with van der Waals surface area (Å²) in [6.45, 7) is 0. The Bertz CT molecular complexity index is 1320. The molecule has 2 aromatic carbocycles. The zero-order valence-electron chi connectivity index (χ0n) is 13.7. The molecule has 8 heteroatoms. The van der Waals surface area contributed by atoms with Crippen molar-refractivity contribution in [2.75, 3.05) is 0 Å². The second-order valence-corrected chi connectivity index (χ2v) is 7.63. The summed E-state index contributed by atoms with van der Waals surface area (Å²) in [5, 5.41) is 5.07. The SMILES string of the molecule is O=c1nc2s/c(=C\c3ccc(Cl)c(Cl)c3)c(=O)n2nc1Cc1ccccc1. The van der Waals surface area contributed by atoms with E-state index in [0.29, 0.717) is 21.0 Å². The molecule has 2 heterocycles. The van der Waals surface area contributed by atoms with E-state index < -0.39 is 5.56 Å². The van der Waals surface area contributed by atoms with Crippen LogP contribution in [0.5, 0.6) is 0 Å². The summed E-state index contributed by atoms with van der Waals surface area (Å²) < 4.78 is 1.58. The number of halogens is 2. The lowest BCUT2D eigenvalue weighted by molar-refractivity contribution is 0.811. The van der Waals surface area contributed by atoms with Crippen LogP contribution in [-0.2, 0) is 6.42 Å². The molecule has 0 unspecified atom stereocenters. The maximum absolute atomic E-state index is 12.7. The Morgan fingerprint density at radius 1 is 1.04 bits per heavy atom. The monoisotopic (exact) mass is 415 g/mol. The Morgan fingerprint density at radius 2 is 1.81 bits per heavy atom. The quantitative estimate of drug-likeness (QED) is 0.515. The summed E-state index contributed by atoms with van der Waals surface area (Å²) in [6.07, 6.45) is 1.99. The molecular weight excluding hydrogens is 405 g/mol. The highest BCUT2D eigenvalue weighted by atomic mass is 35.5. The van der Waals surface area contributed by atoms with Crippen molar-refractivity contribution in [2.45, 2.75) is 6.42 Å². The third-order valence-electron chi connectivity index (χ3n) is 3.91. The molecule has 0 aliphatic rings. The van der Waals surface area contributed by atoms with Crippen LogP contribution in [-0.4, -0.2) is 14.6 Å². The maximum atomic E-state index is 12.7. The van der Waals surface area contributed by atoms with Gasteiger partial charge in [-0.05, 0) is 29.3 Å². The third kappa shape index (κ3) is 3.64. The van der Waals surface area contributed by atoms with Gasteiger partial charge in [0.1, 0.15) is 5.69 Å². The number of aromatic nitrogens is 3. The summed E-state index contributed by atoms with van der Waals surface area (Å²) in [4.78, 5) is 29.2. The van der Waals surface area contributed by atoms with Crippen molar-refractivity contribution in [3.05, 3.63) is 101 Å². The van der Waals surface area contributed by atoms with Gasteiger partial charge in [-0.3, -0.25) is 9.59 Å². The first-order valence-electron chi connectivity index (χ1n) is 7.95. The van der Waals surface area contributed by atoms with Crippen LogP contribution in [0, 0.1) is 0 Å². The van der Waals surface area contributed by atoms with E-state index in [1.54, 1.807) is 24.3 Å². The van der Waals surface area contributed by atoms with E-state index in [2.05, 4.69) is 10.1 Å². The molecule has 0 atom stereocenters. The van der Waals surface area contributed by atoms with Crippen LogP contribution < -0.4 is 15.7 Å². The van der Waals surface area contributed by atoms with Crippen LogP contribution in [0.25, 0.3) is 11.0 Å². The molecule has 0 aliphatic heterocycles. The molecule has 27 heavy (non-hydrogen) atoms. The average Bonchev–Trinajstić information content (AvgIpc) is 2.94. The van der Waals surface area contributed by atoms with Gasteiger partial charge in [0.2, 0.25) is 4.96 Å². The molecule has 0 saturated heterocycles. The first-order valence-corrected chi connectivity index (χ1v) is 9.52. The lowest BCUT2D eigenvalue weighted by Gasteiger charge is -1.99. The van der Waals surface area contributed by atoms with Crippen molar-refractivity contribution < 1.29 is 0 Å². The zero-order chi connectivity index (χ0) is 19.0. The molecule has 0 aliphatic carbocycles. The minimum Gasteiger partial charge on any atom is -0.266 e. The normalized spacial score (nSPS) is 12.0. The Balaban J connectivity index is 1.82. The second-order valence-electron chi connectivity index (χ2n) is 5.81. The van der Waals surface area contributed by atoms with Gasteiger partial charge < -0.3 is 0 Å². The van der Waals surface area contributed by atoms with Crippen molar-refractivity contribution >= 4 is 45.6 Å². The highest BCUT2D eigenvalue weighted by Gasteiger charge is 2.11. The lowest BCUT2D eigenvalue weighted by atomic mass is 10.1. The maximum Gasteiger partial charge on any atom is 0.296 e. The van der Waals surface area contributed by atoms with Crippen LogP contribution in [0.2, 0.25) is 10.0 Å². The predicted molar refractivity (Wildman–Crippen MR) is 108 cm³/mol. The fraction of sp³-hybridized carbons (Fsp3) is 0.0526. The number of hydrogen-bond donors (Lipinski definition) is 0. The van der Waals surface area contributed by atoms with E-state index >= 15 is 0 Å². The highest BCUT2D eigenvalue weighted by Crippen LogP contribution is 2.22. The first kappa shape index (κ1) is 17.9. The third-order valence-corrected chi connectivity index (χ3v) is 5.60. The number of rotatable bonds is 3. The molecule has 0 radical (unpaired) electrons. The molecule has 2 aromatic heterocycles. The van der Waals surface area contributed by atoms with Crippen LogP contribution in [0.3, 0.4) is 0 Å². The molecule has 134 valence electrons. The van der Waals surface area contributed by atoms with Crippen molar-refractivity contribution in [3.8, 4) is 0 Å². The van der Waals surface area contributed by atoms with Crippen LogP contribution >= 0.6 is 34.5 Å². The number of nitrogens with zero attached hydrogens (tertiary/aromatic N) is 3. The molecule has 0 spiro atoms. The minimum atomic E-state index is -0.429. The molecule has 4 rings (SSSR count). The van der Waals surface area contributed by atoms with E-state index in [1.165, 1.54) is 4.52 Å². The van der Waals surface area contributed by atoms with Gasteiger partial charge in [0.25, 0.3) is 11.1 Å². The summed E-state index contributed by atoms with van der Waals surface area (Å²) in [6, 6.07) is 14.5. The number of thiazole rings is 1. The molecule has 0 bridgehead atoms. The average molecular weight is 416 g/mol. The van der Waals surface area contributed by atoms with Crippen LogP contribution in [0.15, 0.2) is 58.1 Å². The standard InChI is InChI=1S/C19H11Cl2N3O2S/c20-13-7-6-12(8-14(13)21)10-16-18(26)24-19(27-16)22-17(25)15(23-24)9-11-4-2-1-3-5-11/h1-8,10H,9H2/b16-10-. The van der Waals surface area contributed by atoms with Crippen molar-refractivity contribution in [1.82, 2.24) is 14.6 Å². The molecule has 0 amide bonds. The molecule has 0 saturated carbocycles. The van der Waals surface area contributed by atoms with Gasteiger partial charge in [0.05, 0.1) is 14.6 Å². The second kappa shape index (κ2) is 7.23. The summed E-state index contributed by atoms with van der Waals surface area (Å²) in [5.74, 6) is 0. The molecule has 5 nitrogen and oxygen atoms in total. The summed E-state index contributed by atoms with van der Waals surface area (Å²) in [5.41, 5.74) is 1.12. The van der Waals surface area contributed by atoms with Gasteiger partial charge in [-0.15, -0.1) is 0 Å². The van der Waals surface area contributed by atoms with E-state index in [9.17, 15) is 9.59 Å². The molecule has 4 aromatic rings. The fourth-order valence-electron chi connectivity index (χ4n) is 2.59. The van der Waals surface area contributed by atoms with E-state index in [1.807, 2.05) is 30.3 Å². The highest BCUT2D eigenvalue weighted by molar-refractivity contribution is 7.15. The molecular formula is C19H11Cl2N3O2S. The number of benzene rings is 2.